The molecule has 0 amide bonds. The molecule has 17 heavy (non-hydrogen) atoms. The molecule has 1 aromatic rings. The van der Waals surface area contributed by atoms with Gasteiger partial charge in [0.25, 0.3) is 0 Å². The molecule has 2 aliphatic carbocycles. The average Bonchev–Trinajstić information content (AvgIpc) is 3.23. The molecule has 1 aromatic heterocycles. The Hall–Kier alpha value is -1.56. The molecule has 0 spiro atoms. The molecular formula is C14H17N3. The minimum atomic E-state index is 0.714. The summed E-state index contributed by atoms with van der Waals surface area (Å²) < 4.78 is 0. The van der Waals surface area contributed by atoms with Crippen LogP contribution in [0.5, 0.6) is 0 Å². The van der Waals surface area contributed by atoms with Crippen LogP contribution in [0.1, 0.15) is 31.2 Å². The summed E-state index contributed by atoms with van der Waals surface area (Å²) in [6, 6.07) is 5.89. The van der Waals surface area contributed by atoms with Gasteiger partial charge in [-0.05, 0) is 49.7 Å². The summed E-state index contributed by atoms with van der Waals surface area (Å²) in [5.74, 6) is 2.71. The minimum absolute atomic E-state index is 0.714. The number of aromatic nitrogens is 1. The van der Waals surface area contributed by atoms with Crippen molar-refractivity contribution in [2.45, 2.75) is 25.7 Å². The third-order valence-corrected chi connectivity index (χ3v) is 3.55. The molecule has 0 atom stereocenters. The molecule has 88 valence electrons. The molecule has 0 bridgehead atoms. The lowest BCUT2D eigenvalue weighted by atomic mass is 10.2. The highest BCUT2D eigenvalue weighted by Gasteiger charge is 2.29. The van der Waals surface area contributed by atoms with E-state index in [-0.39, 0.29) is 0 Å². The third kappa shape index (κ3) is 2.76. The first kappa shape index (κ1) is 10.6. The fourth-order valence-electron chi connectivity index (χ4n) is 2.15. The van der Waals surface area contributed by atoms with E-state index in [0.717, 1.165) is 30.7 Å². The van der Waals surface area contributed by atoms with Gasteiger partial charge in [-0.1, -0.05) is 0 Å². The van der Waals surface area contributed by atoms with E-state index in [0.29, 0.717) is 5.56 Å². The van der Waals surface area contributed by atoms with E-state index in [1.165, 1.54) is 25.7 Å². The first-order valence-electron chi connectivity index (χ1n) is 6.46. The molecule has 0 aliphatic heterocycles. The van der Waals surface area contributed by atoms with Crippen molar-refractivity contribution in [1.29, 1.82) is 5.26 Å². The van der Waals surface area contributed by atoms with Crippen LogP contribution in [0, 0.1) is 23.2 Å². The highest BCUT2D eigenvalue weighted by atomic mass is 15.2. The molecule has 0 unspecified atom stereocenters. The highest BCUT2D eigenvalue weighted by Crippen LogP contribution is 2.35. The van der Waals surface area contributed by atoms with Gasteiger partial charge >= 0.3 is 0 Å². The molecule has 0 aromatic carbocycles. The fraction of sp³-hybridized carbons (Fsp3) is 0.571. The van der Waals surface area contributed by atoms with Crippen LogP contribution in [0.15, 0.2) is 18.3 Å². The number of rotatable bonds is 5. The van der Waals surface area contributed by atoms with Gasteiger partial charge in [-0.2, -0.15) is 5.26 Å². The SMILES string of the molecule is N#Cc1ccnc(N(CC2CC2)CC2CC2)c1. The van der Waals surface area contributed by atoms with Gasteiger partial charge in [-0.15, -0.1) is 0 Å². The van der Waals surface area contributed by atoms with Crippen LogP contribution in [-0.2, 0) is 0 Å². The summed E-state index contributed by atoms with van der Waals surface area (Å²) in [7, 11) is 0. The van der Waals surface area contributed by atoms with Crippen molar-refractivity contribution >= 4 is 5.82 Å². The maximum atomic E-state index is 8.94. The summed E-state index contributed by atoms with van der Waals surface area (Å²) >= 11 is 0. The molecule has 0 N–H and O–H groups in total. The summed E-state index contributed by atoms with van der Waals surface area (Å²) in [6.45, 7) is 2.25. The maximum absolute atomic E-state index is 8.94. The number of anilines is 1. The Kier molecular flexibility index (Phi) is 2.72. The number of hydrogen-bond acceptors (Lipinski definition) is 3. The van der Waals surface area contributed by atoms with Gasteiger partial charge in [-0.25, -0.2) is 4.98 Å². The van der Waals surface area contributed by atoms with Crippen molar-refractivity contribution in [2.75, 3.05) is 18.0 Å². The molecule has 3 nitrogen and oxygen atoms in total. The van der Waals surface area contributed by atoms with E-state index in [1.54, 1.807) is 12.3 Å². The number of nitriles is 1. The van der Waals surface area contributed by atoms with Crippen molar-refractivity contribution < 1.29 is 0 Å². The van der Waals surface area contributed by atoms with Gasteiger partial charge in [0.05, 0.1) is 11.6 Å². The molecule has 1 heterocycles. The molecule has 3 rings (SSSR count). The van der Waals surface area contributed by atoms with Crippen LogP contribution in [-0.4, -0.2) is 18.1 Å². The standard InChI is InChI=1S/C14H17N3/c15-8-13-5-6-16-14(7-13)17(9-11-1-2-11)10-12-3-4-12/h5-7,11-12H,1-4,9-10H2. The zero-order valence-electron chi connectivity index (χ0n) is 9.97. The third-order valence-electron chi connectivity index (χ3n) is 3.55. The normalized spacial score (nSPS) is 18.8. The Morgan fingerprint density at radius 3 is 2.41 bits per heavy atom. The Morgan fingerprint density at radius 2 is 1.88 bits per heavy atom. The van der Waals surface area contributed by atoms with Crippen LogP contribution >= 0.6 is 0 Å². The van der Waals surface area contributed by atoms with Gasteiger partial charge in [-0.3, -0.25) is 0 Å². The molecule has 2 fully saturated rings. The topological polar surface area (TPSA) is 39.9 Å². The van der Waals surface area contributed by atoms with Crippen molar-refractivity contribution in [3.63, 3.8) is 0 Å². The largest absolute Gasteiger partial charge is 0.356 e. The van der Waals surface area contributed by atoms with E-state index in [1.807, 2.05) is 6.07 Å². The first-order valence-corrected chi connectivity index (χ1v) is 6.46. The highest BCUT2D eigenvalue weighted by molar-refractivity contribution is 5.45. The summed E-state index contributed by atoms with van der Waals surface area (Å²) in [4.78, 5) is 6.81. The molecule has 2 aliphatic rings. The zero-order valence-corrected chi connectivity index (χ0v) is 9.97. The molecule has 3 heteroatoms. The van der Waals surface area contributed by atoms with Crippen molar-refractivity contribution in [1.82, 2.24) is 4.98 Å². The Labute approximate surface area is 102 Å². The Morgan fingerprint density at radius 1 is 1.24 bits per heavy atom. The summed E-state index contributed by atoms with van der Waals surface area (Å²) in [5, 5.41) is 8.94. The lowest BCUT2D eigenvalue weighted by Gasteiger charge is -2.23. The van der Waals surface area contributed by atoms with Crippen LogP contribution in [0.2, 0.25) is 0 Å². The van der Waals surface area contributed by atoms with E-state index >= 15 is 0 Å². The van der Waals surface area contributed by atoms with Gasteiger partial charge in [0.15, 0.2) is 0 Å². The van der Waals surface area contributed by atoms with Crippen LogP contribution in [0.25, 0.3) is 0 Å². The number of nitrogens with zero attached hydrogens (tertiary/aromatic N) is 3. The Balaban J connectivity index is 1.76. The lowest BCUT2D eigenvalue weighted by molar-refractivity contribution is 0.671. The monoisotopic (exact) mass is 227 g/mol. The quantitative estimate of drug-likeness (QED) is 0.776. The van der Waals surface area contributed by atoms with Crippen molar-refractivity contribution in [2.24, 2.45) is 11.8 Å². The van der Waals surface area contributed by atoms with E-state index in [2.05, 4.69) is 16.0 Å². The van der Waals surface area contributed by atoms with Gasteiger partial charge in [0.2, 0.25) is 0 Å². The first-order chi connectivity index (χ1) is 8.35. The van der Waals surface area contributed by atoms with Crippen LogP contribution in [0.3, 0.4) is 0 Å². The zero-order chi connectivity index (χ0) is 11.7. The lowest BCUT2D eigenvalue weighted by Crippen LogP contribution is -2.28. The van der Waals surface area contributed by atoms with Crippen LogP contribution < -0.4 is 4.90 Å². The average molecular weight is 227 g/mol. The second-order valence-corrected chi connectivity index (χ2v) is 5.31. The molecular weight excluding hydrogens is 210 g/mol. The maximum Gasteiger partial charge on any atom is 0.129 e. The van der Waals surface area contributed by atoms with Gasteiger partial charge in [0.1, 0.15) is 5.82 Å². The number of pyridine rings is 1. The second kappa shape index (κ2) is 4.37. The summed E-state index contributed by atoms with van der Waals surface area (Å²) in [5.41, 5.74) is 0.714. The molecule has 0 radical (unpaired) electrons. The van der Waals surface area contributed by atoms with E-state index < -0.39 is 0 Å². The fourth-order valence-corrected chi connectivity index (χ4v) is 2.15. The minimum Gasteiger partial charge on any atom is -0.356 e. The predicted octanol–water partition coefficient (Wildman–Crippen LogP) is 2.58. The molecule has 0 saturated heterocycles. The van der Waals surface area contributed by atoms with E-state index in [4.69, 9.17) is 5.26 Å². The number of hydrogen-bond donors (Lipinski definition) is 0. The second-order valence-electron chi connectivity index (χ2n) is 5.31. The van der Waals surface area contributed by atoms with Gasteiger partial charge in [0, 0.05) is 19.3 Å². The smallest absolute Gasteiger partial charge is 0.129 e. The predicted molar refractivity (Wildman–Crippen MR) is 66.6 cm³/mol. The van der Waals surface area contributed by atoms with E-state index in [9.17, 15) is 0 Å². The van der Waals surface area contributed by atoms with Crippen LogP contribution in [0.4, 0.5) is 5.82 Å². The van der Waals surface area contributed by atoms with Crippen molar-refractivity contribution in [3.8, 4) is 6.07 Å². The Bertz CT molecular complexity index is 427. The molecule has 2 saturated carbocycles. The van der Waals surface area contributed by atoms with Crippen molar-refractivity contribution in [3.05, 3.63) is 23.9 Å². The summed E-state index contributed by atoms with van der Waals surface area (Å²) in [6.07, 6.45) is 7.19. The van der Waals surface area contributed by atoms with Gasteiger partial charge < -0.3 is 4.90 Å².